The zero-order chi connectivity index (χ0) is 12.0. The summed E-state index contributed by atoms with van der Waals surface area (Å²) in [7, 11) is 0. The highest BCUT2D eigenvalue weighted by atomic mass is 35.5. The number of pyridine rings is 1. The molecule has 0 saturated heterocycles. The van der Waals surface area contributed by atoms with Crippen molar-refractivity contribution in [3.05, 3.63) is 47.3 Å². The van der Waals surface area contributed by atoms with Gasteiger partial charge in [-0.05, 0) is 25.5 Å². The number of aromatic nitrogens is 1. The fourth-order valence-electron chi connectivity index (χ4n) is 1.07. The van der Waals surface area contributed by atoms with E-state index >= 15 is 0 Å². The van der Waals surface area contributed by atoms with E-state index in [0.717, 1.165) is 5.56 Å². The lowest BCUT2D eigenvalue weighted by Crippen LogP contribution is -2.08. The van der Waals surface area contributed by atoms with E-state index in [1.165, 1.54) is 6.08 Å². The van der Waals surface area contributed by atoms with E-state index in [0.29, 0.717) is 10.8 Å². The van der Waals surface area contributed by atoms with Crippen LogP contribution in [0.1, 0.15) is 12.5 Å². The first kappa shape index (κ1) is 12.5. The molecule has 1 amide bonds. The lowest BCUT2D eigenvalue weighted by molar-refractivity contribution is -0.111. The Morgan fingerprint density at radius 1 is 1.50 bits per heavy atom. The Balaban J connectivity index is 2.73. The highest BCUT2D eigenvalue weighted by Crippen LogP contribution is 2.19. The molecular formula is C12H13ClN2O. The molecule has 1 aromatic heterocycles. The maximum absolute atomic E-state index is 11.4. The number of anilines is 1. The van der Waals surface area contributed by atoms with E-state index in [1.54, 1.807) is 24.4 Å². The summed E-state index contributed by atoms with van der Waals surface area (Å²) in [4.78, 5) is 15.4. The molecule has 0 fully saturated rings. The van der Waals surface area contributed by atoms with Crippen LogP contribution in [0, 0.1) is 6.92 Å². The van der Waals surface area contributed by atoms with Gasteiger partial charge in [-0.25, -0.2) is 4.98 Å². The number of halogens is 1. The second-order valence-corrected chi connectivity index (χ2v) is 3.58. The number of carbonyl (C=O) groups is 1. The molecule has 1 rings (SSSR count). The molecule has 4 heteroatoms. The summed E-state index contributed by atoms with van der Waals surface area (Å²) < 4.78 is 0. The standard InChI is InChI=1S/C12H13ClN2O/c1-3-4-5-6-11(16)15-10-7-9(2)8-14-12(10)13/h3-8H,1-2H3,(H,15,16). The average Bonchev–Trinajstić information content (AvgIpc) is 2.24. The van der Waals surface area contributed by atoms with E-state index in [1.807, 2.05) is 19.9 Å². The lowest BCUT2D eigenvalue weighted by Gasteiger charge is -2.04. The van der Waals surface area contributed by atoms with Gasteiger partial charge in [0.15, 0.2) is 5.15 Å². The monoisotopic (exact) mass is 236 g/mol. The number of nitrogens with zero attached hydrogens (tertiary/aromatic N) is 1. The van der Waals surface area contributed by atoms with Crippen LogP contribution in [0.2, 0.25) is 5.15 Å². The predicted octanol–water partition coefficient (Wildman–Crippen LogP) is 3.11. The summed E-state index contributed by atoms with van der Waals surface area (Å²) >= 11 is 5.84. The molecule has 0 aliphatic carbocycles. The molecule has 1 N–H and O–H groups in total. The molecule has 0 aliphatic heterocycles. The van der Waals surface area contributed by atoms with Crippen LogP contribution in [-0.2, 0) is 4.79 Å². The molecule has 0 aromatic carbocycles. The summed E-state index contributed by atoms with van der Waals surface area (Å²) in [6.45, 7) is 3.76. The SMILES string of the molecule is CC=CC=CC(=O)Nc1cc(C)cnc1Cl. The molecule has 84 valence electrons. The Hall–Kier alpha value is -1.61. The Labute approximate surface area is 99.8 Å². The summed E-state index contributed by atoms with van der Waals surface area (Å²) in [6, 6.07) is 1.77. The van der Waals surface area contributed by atoms with Gasteiger partial charge in [-0.3, -0.25) is 4.79 Å². The summed E-state index contributed by atoms with van der Waals surface area (Å²) in [5.74, 6) is -0.229. The van der Waals surface area contributed by atoms with E-state index in [2.05, 4.69) is 10.3 Å². The topological polar surface area (TPSA) is 42.0 Å². The zero-order valence-corrected chi connectivity index (χ0v) is 9.95. The van der Waals surface area contributed by atoms with Crippen molar-refractivity contribution in [1.82, 2.24) is 4.98 Å². The second-order valence-electron chi connectivity index (χ2n) is 3.23. The van der Waals surface area contributed by atoms with Crippen molar-refractivity contribution < 1.29 is 4.79 Å². The summed E-state index contributed by atoms with van der Waals surface area (Å²) in [5.41, 5.74) is 1.47. The molecule has 16 heavy (non-hydrogen) atoms. The summed E-state index contributed by atoms with van der Waals surface area (Å²) in [5, 5.41) is 2.95. The molecule has 0 atom stereocenters. The van der Waals surface area contributed by atoms with Gasteiger partial charge >= 0.3 is 0 Å². The van der Waals surface area contributed by atoms with Gasteiger partial charge in [0.25, 0.3) is 0 Å². The predicted molar refractivity (Wildman–Crippen MR) is 66.6 cm³/mol. The summed E-state index contributed by atoms with van der Waals surface area (Å²) in [6.07, 6.45) is 8.35. The van der Waals surface area contributed by atoms with Gasteiger partial charge in [-0.1, -0.05) is 29.8 Å². The minimum Gasteiger partial charge on any atom is -0.320 e. The van der Waals surface area contributed by atoms with Crippen LogP contribution in [0.5, 0.6) is 0 Å². The minimum atomic E-state index is -0.229. The third-order valence-electron chi connectivity index (χ3n) is 1.78. The Bertz CT molecular complexity index is 439. The average molecular weight is 237 g/mol. The number of hydrogen-bond donors (Lipinski definition) is 1. The zero-order valence-electron chi connectivity index (χ0n) is 9.20. The molecule has 0 unspecified atom stereocenters. The van der Waals surface area contributed by atoms with Crippen molar-refractivity contribution in [2.75, 3.05) is 5.32 Å². The maximum Gasteiger partial charge on any atom is 0.248 e. The quantitative estimate of drug-likeness (QED) is 0.498. The van der Waals surface area contributed by atoms with Gasteiger partial charge in [0, 0.05) is 12.3 Å². The molecule has 3 nitrogen and oxygen atoms in total. The molecule has 1 heterocycles. The Morgan fingerprint density at radius 3 is 2.94 bits per heavy atom. The van der Waals surface area contributed by atoms with Crippen molar-refractivity contribution in [3.8, 4) is 0 Å². The van der Waals surface area contributed by atoms with Gasteiger partial charge < -0.3 is 5.32 Å². The minimum absolute atomic E-state index is 0.229. The second kappa shape index (κ2) is 6.08. The maximum atomic E-state index is 11.4. The third kappa shape index (κ3) is 3.87. The van der Waals surface area contributed by atoms with Crippen LogP contribution in [0.15, 0.2) is 36.6 Å². The third-order valence-corrected chi connectivity index (χ3v) is 2.09. The number of allylic oxidation sites excluding steroid dienone is 3. The van der Waals surface area contributed by atoms with E-state index in [4.69, 9.17) is 11.6 Å². The number of hydrogen-bond acceptors (Lipinski definition) is 2. The van der Waals surface area contributed by atoms with Crippen LogP contribution in [-0.4, -0.2) is 10.9 Å². The van der Waals surface area contributed by atoms with E-state index in [-0.39, 0.29) is 5.91 Å². The van der Waals surface area contributed by atoms with Crippen LogP contribution in [0.3, 0.4) is 0 Å². The van der Waals surface area contributed by atoms with Crippen LogP contribution in [0.4, 0.5) is 5.69 Å². The van der Waals surface area contributed by atoms with Crippen LogP contribution >= 0.6 is 11.6 Å². The first-order valence-corrected chi connectivity index (χ1v) is 5.23. The van der Waals surface area contributed by atoms with Crippen molar-refractivity contribution >= 4 is 23.2 Å². The Morgan fingerprint density at radius 2 is 2.25 bits per heavy atom. The highest BCUT2D eigenvalue weighted by molar-refractivity contribution is 6.32. The van der Waals surface area contributed by atoms with Crippen molar-refractivity contribution in [3.63, 3.8) is 0 Å². The van der Waals surface area contributed by atoms with Crippen LogP contribution in [0.25, 0.3) is 0 Å². The van der Waals surface area contributed by atoms with Crippen molar-refractivity contribution in [1.29, 1.82) is 0 Å². The number of aryl methyl sites for hydroxylation is 1. The van der Waals surface area contributed by atoms with E-state index < -0.39 is 0 Å². The molecule has 1 aromatic rings. The molecule has 0 saturated carbocycles. The van der Waals surface area contributed by atoms with Crippen molar-refractivity contribution in [2.45, 2.75) is 13.8 Å². The lowest BCUT2D eigenvalue weighted by atomic mass is 10.3. The smallest absolute Gasteiger partial charge is 0.248 e. The van der Waals surface area contributed by atoms with Gasteiger partial charge in [0.2, 0.25) is 5.91 Å². The van der Waals surface area contributed by atoms with Crippen LogP contribution < -0.4 is 5.32 Å². The van der Waals surface area contributed by atoms with Gasteiger partial charge in [0.1, 0.15) is 0 Å². The fourth-order valence-corrected chi connectivity index (χ4v) is 1.22. The van der Waals surface area contributed by atoms with Gasteiger partial charge in [0.05, 0.1) is 5.69 Å². The number of carbonyl (C=O) groups excluding carboxylic acids is 1. The molecule has 0 spiro atoms. The van der Waals surface area contributed by atoms with E-state index in [9.17, 15) is 4.79 Å². The highest BCUT2D eigenvalue weighted by Gasteiger charge is 2.03. The normalized spacial score (nSPS) is 11.2. The largest absolute Gasteiger partial charge is 0.320 e. The van der Waals surface area contributed by atoms with Crippen molar-refractivity contribution in [2.24, 2.45) is 0 Å². The number of nitrogens with one attached hydrogen (secondary N) is 1. The molecule has 0 aliphatic rings. The fraction of sp³-hybridized carbons (Fsp3) is 0.167. The van der Waals surface area contributed by atoms with Gasteiger partial charge in [-0.15, -0.1) is 0 Å². The first-order chi connectivity index (χ1) is 7.63. The Kier molecular flexibility index (Phi) is 4.73. The molecular weight excluding hydrogens is 224 g/mol. The molecule has 0 radical (unpaired) electrons. The number of amides is 1. The van der Waals surface area contributed by atoms with Gasteiger partial charge in [-0.2, -0.15) is 0 Å². The number of rotatable bonds is 3. The first-order valence-electron chi connectivity index (χ1n) is 4.86. The molecule has 0 bridgehead atoms.